The van der Waals surface area contributed by atoms with Crippen molar-refractivity contribution >= 4 is 98.7 Å². The molecule has 1 unspecified atom stereocenters. The van der Waals surface area contributed by atoms with Crippen LogP contribution in [0.2, 0.25) is 0 Å². The zero-order valence-corrected chi connectivity index (χ0v) is 29.5. The average Bonchev–Trinajstić information content (AvgIpc) is 3.91. The summed E-state index contributed by atoms with van der Waals surface area (Å²) in [6.07, 6.45) is 0. The average molecular weight is 703 g/mol. The lowest BCUT2D eigenvalue weighted by molar-refractivity contribution is 0.669. The molecule has 0 saturated heterocycles. The van der Waals surface area contributed by atoms with E-state index in [9.17, 15) is 0 Å². The fourth-order valence-electron chi connectivity index (χ4n) is 7.85. The molecule has 11 rings (SSSR count). The Bertz CT molecular complexity index is 2980. The molecule has 0 saturated carbocycles. The summed E-state index contributed by atoms with van der Waals surface area (Å²) in [7, 11) is 0. The smallest absolute Gasteiger partial charge is 0.137 e. The lowest BCUT2D eigenvalue weighted by Gasteiger charge is -2.26. The van der Waals surface area contributed by atoms with Crippen LogP contribution < -0.4 is 10.2 Å². The van der Waals surface area contributed by atoms with Crippen LogP contribution in [0.3, 0.4) is 0 Å². The minimum Gasteiger partial charge on any atom is -0.456 e. The molecule has 0 fully saturated rings. The number of anilines is 4. The van der Waals surface area contributed by atoms with Crippen LogP contribution in [0.15, 0.2) is 179 Å². The summed E-state index contributed by atoms with van der Waals surface area (Å²) in [6.45, 7) is 0. The minimum atomic E-state index is 0.153. The van der Waals surface area contributed by atoms with Gasteiger partial charge in [-0.05, 0) is 88.1 Å². The van der Waals surface area contributed by atoms with Crippen LogP contribution in [-0.4, -0.2) is 0 Å². The van der Waals surface area contributed by atoms with Crippen LogP contribution in [0.5, 0.6) is 0 Å². The van der Waals surface area contributed by atoms with Gasteiger partial charge >= 0.3 is 0 Å². The minimum absolute atomic E-state index is 0.153. The Hall–Kier alpha value is -6.01. The van der Waals surface area contributed by atoms with Gasteiger partial charge in [-0.15, -0.1) is 11.3 Å². The van der Waals surface area contributed by atoms with E-state index >= 15 is 0 Å². The van der Waals surface area contributed by atoms with Gasteiger partial charge in [-0.25, -0.2) is 0 Å². The lowest BCUT2D eigenvalue weighted by Crippen LogP contribution is -2.09. The molecule has 5 heteroatoms. The Morgan fingerprint density at radius 1 is 0.519 bits per heavy atom. The topological polar surface area (TPSA) is 28.4 Å². The number of rotatable bonds is 5. The Morgan fingerprint density at radius 3 is 2.13 bits per heavy atom. The van der Waals surface area contributed by atoms with Crippen molar-refractivity contribution in [3.05, 3.63) is 175 Å². The highest BCUT2D eigenvalue weighted by Gasteiger charge is 2.27. The molecule has 3 heterocycles. The maximum Gasteiger partial charge on any atom is 0.137 e. The Kier molecular flexibility index (Phi) is 6.72. The first kappa shape index (κ1) is 29.7. The predicted octanol–water partition coefficient (Wildman–Crippen LogP) is 14.5. The van der Waals surface area contributed by atoms with E-state index in [0.717, 1.165) is 44.7 Å². The fourth-order valence-corrected chi connectivity index (χ4v) is 10.1. The lowest BCUT2D eigenvalue weighted by atomic mass is 9.98. The summed E-state index contributed by atoms with van der Waals surface area (Å²) in [6, 6.07) is 61.3. The molecule has 0 aliphatic carbocycles. The molecule has 1 aliphatic heterocycles. The van der Waals surface area contributed by atoms with E-state index in [1.807, 2.05) is 23.1 Å². The van der Waals surface area contributed by atoms with Gasteiger partial charge in [0.25, 0.3) is 0 Å². The number of thioether (sulfide) groups is 1. The Labute approximate surface area is 308 Å². The summed E-state index contributed by atoms with van der Waals surface area (Å²) < 4.78 is 9.07. The summed E-state index contributed by atoms with van der Waals surface area (Å²) >= 11 is 3.71. The van der Waals surface area contributed by atoms with Gasteiger partial charge in [0.15, 0.2) is 0 Å². The van der Waals surface area contributed by atoms with Crippen molar-refractivity contribution in [2.75, 3.05) is 10.2 Å². The first-order valence-electron chi connectivity index (χ1n) is 17.5. The molecule has 3 nitrogen and oxygen atoms in total. The van der Waals surface area contributed by atoms with E-state index in [4.69, 9.17) is 4.42 Å². The molecular formula is C47H30N2OS2. The molecule has 246 valence electrons. The van der Waals surface area contributed by atoms with Crippen molar-refractivity contribution in [3.8, 4) is 11.1 Å². The summed E-state index contributed by atoms with van der Waals surface area (Å²) in [5, 5.41) is 11.3. The molecule has 0 bridgehead atoms. The quantitative estimate of drug-likeness (QED) is 0.193. The molecule has 1 aliphatic rings. The highest BCUT2D eigenvalue weighted by atomic mass is 32.2. The molecule has 52 heavy (non-hydrogen) atoms. The van der Waals surface area contributed by atoms with E-state index in [-0.39, 0.29) is 5.37 Å². The molecule has 8 aromatic carbocycles. The van der Waals surface area contributed by atoms with Crippen molar-refractivity contribution in [3.63, 3.8) is 0 Å². The van der Waals surface area contributed by atoms with Crippen LogP contribution in [0, 0.1) is 0 Å². The third-order valence-electron chi connectivity index (χ3n) is 10.3. The fraction of sp³-hybridized carbons (Fsp3) is 0.0213. The van der Waals surface area contributed by atoms with E-state index in [1.165, 1.54) is 52.5 Å². The van der Waals surface area contributed by atoms with Gasteiger partial charge in [0.1, 0.15) is 16.5 Å². The van der Waals surface area contributed by atoms with Gasteiger partial charge in [0.05, 0.1) is 11.1 Å². The van der Waals surface area contributed by atoms with E-state index in [1.54, 1.807) is 0 Å². The molecule has 10 aromatic rings. The van der Waals surface area contributed by atoms with Crippen molar-refractivity contribution in [2.45, 2.75) is 10.3 Å². The van der Waals surface area contributed by atoms with E-state index < -0.39 is 0 Å². The number of nitrogens with one attached hydrogen (secondary N) is 1. The second-order valence-electron chi connectivity index (χ2n) is 13.3. The summed E-state index contributed by atoms with van der Waals surface area (Å²) in [5.41, 5.74) is 9.91. The van der Waals surface area contributed by atoms with Crippen molar-refractivity contribution in [1.29, 1.82) is 0 Å². The third-order valence-corrected chi connectivity index (χ3v) is 12.7. The number of thiophene rings is 1. The predicted molar refractivity (Wildman–Crippen MR) is 223 cm³/mol. The number of fused-ring (bicyclic) bond motifs is 9. The van der Waals surface area contributed by atoms with Crippen molar-refractivity contribution in [1.82, 2.24) is 0 Å². The number of furan rings is 1. The summed E-state index contributed by atoms with van der Waals surface area (Å²) in [4.78, 5) is 3.62. The number of benzene rings is 8. The van der Waals surface area contributed by atoms with Gasteiger partial charge in [-0.1, -0.05) is 121 Å². The second kappa shape index (κ2) is 11.8. The van der Waals surface area contributed by atoms with Crippen LogP contribution in [0.1, 0.15) is 10.9 Å². The highest BCUT2D eigenvalue weighted by Crippen LogP contribution is 2.52. The van der Waals surface area contributed by atoms with Gasteiger partial charge < -0.3 is 14.6 Å². The van der Waals surface area contributed by atoms with Gasteiger partial charge in [-0.2, -0.15) is 0 Å². The first-order chi connectivity index (χ1) is 25.7. The van der Waals surface area contributed by atoms with Gasteiger partial charge in [-0.3, -0.25) is 0 Å². The zero-order chi connectivity index (χ0) is 34.2. The Morgan fingerprint density at radius 2 is 1.23 bits per heavy atom. The molecule has 0 radical (unpaired) electrons. The summed E-state index contributed by atoms with van der Waals surface area (Å²) in [5.74, 6) is 0. The SMILES string of the molecule is c1ccc(C2Nc3c(ccc4oc5ccc(N(c6ccc(-c7cccc8ccccc78)cc6)c6ccc7c(c6)sc6ccccc67)cc5c34)S2)cc1. The van der Waals surface area contributed by atoms with Crippen LogP contribution in [0.25, 0.3) is 64.0 Å². The zero-order valence-electron chi connectivity index (χ0n) is 27.9. The molecule has 0 amide bonds. The highest BCUT2D eigenvalue weighted by molar-refractivity contribution is 8.00. The number of hydrogen-bond donors (Lipinski definition) is 1. The molecule has 1 N–H and O–H groups in total. The standard InChI is InChI=1S/C47H30N2OS2/c1-2-10-31(11-3-1)47-48-46-43(52-47)26-25-41-45(46)39-27-33(22-24-40(39)50-41)49(34-21-23-38-37-14-6-7-16-42(37)51-44(38)28-34)32-19-17-30(18-20-32)36-15-8-12-29-9-4-5-13-35(29)36/h1-28,47-48H. The first-order valence-corrected chi connectivity index (χ1v) is 19.2. The largest absolute Gasteiger partial charge is 0.456 e. The van der Waals surface area contributed by atoms with Gasteiger partial charge in [0, 0.05) is 47.5 Å². The number of hydrogen-bond acceptors (Lipinski definition) is 5. The van der Waals surface area contributed by atoms with Crippen molar-refractivity contribution in [2.24, 2.45) is 0 Å². The maximum absolute atomic E-state index is 6.49. The molecule has 2 aromatic heterocycles. The third kappa shape index (κ3) is 4.74. The molecule has 0 spiro atoms. The van der Waals surface area contributed by atoms with Crippen LogP contribution >= 0.6 is 23.1 Å². The Balaban J connectivity index is 1.07. The number of nitrogens with zero attached hydrogens (tertiary/aromatic N) is 1. The van der Waals surface area contributed by atoms with Gasteiger partial charge in [0.2, 0.25) is 0 Å². The van der Waals surface area contributed by atoms with E-state index in [2.05, 4.69) is 180 Å². The monoisotopic (exact) mass is 702 g/mol. The van der Waals surface area contributed by atoms with Crippen LogP contribution in [0.4, 0.5) is 22.7 Å². The molecular weight excluding hydrogens is 673 g/mol. The van der Waals surface area contributed by atoms with Crippen LogP contribution in [-0.2, 0) is 0 Å². The van der Waals surface area contributed by atoms with Crippen molar-refractivity contribution < 1.29 is 4.42 Å². The van der Waals surface area contributed by atoms with E-state index in [0.29, 0.717) is 0 Å². The molecule has 1 atom stereocenters. The second-order valence-corrected chi connectivity index (χ2v) is 15.6. The normalized spacial score (nSPS) is 14.0. The maximum atomic E-state index is 6.49.